The molecule has 50 valence electrons. The Morgan fingerprint density at radius 1 is 1.89 bits per heavy atom. The molecule has 9 heavy (non-hydrogen) atoms. The first-order valence-corrected chi connectivity index (χ1v) is 3.77. The average molecular weight is 189 g/mol. The van der Waals surface area contributed by atoms with Crippen LogP contribution in [0.2, 0.25) is 0 Å². The van der Waals surface area contributed by atoms with E-state index in [0.29, 0.717) is 6.04 Å². The Bertz CT molecular complexity index is 151. The van der Waals surface area contributed by atoms with Crippen molar-refractivity contribution < 1.29 is 0 Å². The van der Waals surface area contributed by atoms with Crippen LogP contribution in [0.25, 0.3) is 0 Å². The summed E-state index contributed by atoms with van der Waals surface area (Å²) in [5, 5.41) is 2.90. The number of nitrogens with one attached hydrogen (secondary N) is 1. The summed E-state index contributed by atoms with van der Waals surface area (Å²) in [6, 6.07) is 0.339. The normalized spacial score (nSPS) is 25.1. The van der Waals surface area contributed by atoms with Crippen LogP contribution in [0, 0.1) is 0 Å². The summed E-state index contributed by atoms with van der Waals surface area (Å²) in [6.45, 7) is 2.11. The smallest absolute Gasteiger partial charge is 0.0871 e. The second-order valence-electron chi connectivity index (χ2n) is 1.90. The van der Waals surface area contributed by atoms with Crippen LogP contribution < -0.4 is 5.32 Å². The van der Waals surface area contributed by atoms with E-state index in [4.69, 9.17) is 0 Å². The predicted molar refractivity (Wildman–Crippen MR) is 42.7 cm³/mol. The fourth-order valence-electron chi connectivity index (χ4n) is 0.718. The molecule has 0 unspecified atom stereocenters. The van der Waals surface area contributed by atoms with Gasteiger partial charge in [0.05, 0.1) is 12.4 Å². The molecule has 0 aromatic carbocycles. The molecule has 0 amide bonds. The highest BCUT2D eigenvalue weighted by molar-refractivity contribution is 9.11. The van der Waals surface area contributed by atoms with E-state index in [9.17, 15) is 0 Å². The van der Waals surface area contributed by atoms with Gasteiger partial charge in [-0.25, -0.2) is 0 Å². The number of aliphatic imine (C=N–C) groups is 1. The molecule has 0 fully saturated rings. The monoisotopic (exact) mass is 188 g/mol. The fourth-order valence-corrected chi connectivity index (χ4v) is 1.29. The number of nitrogens with zero attached hydrogens (tertiary/aromatic N) is 1. The van der Waals surface area contributed by atoms with Gasteiger partial charge in [-0.1, -0.05) is 22.9 Å². The zero-order chi connectivity index (χ0) is 6.69. The first-order valence-electron chi connectivity index (χ1n) is 2.98. The molecule has 3 heteroatoms. The zero-order valence-corrected chi connectivity index (χ0v) is 6.85. The molecule has 1 heterocycles. The summed E-state index contributed by atoms with van der Waals surface area (Å²) in [4.78, 5) is 4.18. The molecule has 0 aromatic rings. The van der Waals surface area contributed by atoms with Crippen LogP contribution in [0.1, 0.15) is 13.3 Å². The Morgan fingerprint density at radius 3 is 3.11 bits per heavy atom. The van der Waals surface area contributed by atoms with Crippen LogP contribution in [0.15, 0.2) is 15.7 Å². The lowest BCUT2D eigenvalue weighted by Gasteiger charge is -2.12. The molecular weight excluding hydrogens is 180 g/mol. The maximum Gasteiger partial charge on any atom is 0.0871 e. The molecule has 1 aliphatic rings. The first kappa shape index (κ1) is 6.81. The number of hydrogen-bond acceptors (Lipinski definition) is 2. The van der Waals surface area contributed by atoms with Gasteiger partial charge in [0, 0.05) is 10.7 Å². The summed E-state index contributed by atoms with van der Waals surface area (Å²) in [6.07, 6.45) is 4.69. The van der Waals surface area contributed by atoms with Crippen LogP contribution in [0.5, 0.6) is 0 Å². The second kappa shape index (κ2) is 3.01. The molecule has 0 saturated carbocycles. The minimum Gasteiger partial charge on any atom is -0.352 e. The van der Waals surface area contributed by atoms with E-state index in [2.05, 4.69) is 33.2 Å². The van der Waals surface area contributed by atoms with E-state index in [1.54, 1.807) is 6.34 Å². The highest BCUT2D eigenvalue weighted by Gasteiger charge is 2.08. The van der Waals surface area contributed by atoms with Gasteiger partial charge in [-0.3, -0.25) is 4.99 Å². The lowest BCUT2D eigenvalue weighted by molar-refractivity contribution is 0.762. The Hall–Kier alpha value is -0.310. The third kappa shape index (κ3) is 1.55. The van der Waals surface area contributed by atoms with Crippen LogP contribution >= 0.6 is 15.9 Å². The molecule has 1 rings (SSSR count). The van der Waals surface area contributed by atoms with Crippen molar-refractivity contribution in [2.75, 3.05) is 0 Å². The Labute approximate surface area is 63.2 Å². The molecule has 0 spiro atoms. The maximum absolute atomic E-state index is 4.18. The average Bonchev–Trinajstić information content (AvgIpc) is 1.89. The third-order valence-corrected chi connectivity index (χ3v) is 2.01. The SMILES string of the molecule is CC[C@H]1N=CNC=C1Br. The maximum atomic E-state index is 4.18. The van der Waals surface area contributed by atoms with Gasteiger partial charge in [0.25, 0.3) is 0 Å². The van der Waals surface area contributed by atoms with Crippen LogP contribution in [-0.2, 0) is 0 Å². The number of halogens is 1. The van der Waals surface area contributed by atoms with E-state index < -0.39 is 0 Å². The number of rotatable bonds is 1. The van der Waals surface area contributed by atoms with Gasteiger partial charge in [0.15, 0.2) is 0 Å². The molecule has 2 nitrogen and oxygen atoms in total. The van der Waals surface area contributed by atoms with Crippen molar-refractivity contribution in [3.63, 3.8) is 0 Å². The van der Waals surface area contributed by atoms with Gasteiger partial charge in [-0.15, -0.1) is 0 Å². The molecule has 0 radical (unpaired) electrons. The molecule has 0 saturated heterocycles. The molecule has 0 bridgehead atoms. The van der Waals surface area contributed by atoms with E-state index in [-0.39, 0.29) is 0 Å². The topological polar surface area (TPSA) is 24.4 Å². The molecule has 1 atom stereocenters. The van der Waals surface area contributed by atoms with Crippen molar-refractivity contribution >= 4 is 22.3 Å². The summed E-state index contributed by atoms with van der Waals surface area (Å²) in [5.74, 6) is 0. The largest absolute Gasteiger partial charge is 0.352 e. The lowest BCUT2D eigenvalue weighted by Crippen LogP contribution is -2.15. The van der Waals surface area contributed by atoms with Crippen LogP contribution in [-0.4, -0.2) is 12.4 Å². The summed E-state index contributed by atoms with van der Waals surface area (Å²) in [7, 11) is 0. The zero-order valence-electron chi connectivity index (χ0n) is 5.26. The molecular formula is C6H9BrN2. The predicted octanol–water partition coefficient (Wildman–Crippen LogP) is 1.63. The standard InChI is InChI=1S/C6H9BrN2/c1-2-6-5(7)3-8-4-9-6/h3-4,6H,2H2,1H3,(H,8,9)/t6-/m1/s1. The van der Waals surface area contributed by atoms with Crippen molar-refractivity contribution in [3.05, 3.63) is 10.7 Å². The first-order chi connectivity index (χ1) is 4.34. The Morgan fingerprint density at radius 2 is 2.67 bits per heavy atom. The Balaban J connectivity index is 2.59. The van der Waals surface area contributed by atoms with Crippen molar-refractivity contribution in [3.8, 4) is 0 Å². The van der Waals surface area contributed by atoms with Gasteiger partial charge in [0.1, 0.15) is 0 Å². The lowest BCUT2D eigenvalue weighted by atomic mass is 10.2. The molecule has 1 aliphatic heterocycles. The van der Waals surface area contributed by atoms with Gasteiger partial charge >= 0.3 is 0 Å². The summed E-state index contributed by atoms with van der Waals surface area (Å²) < 4.78 is 1.13. The van der Waals surface area contributed by atoms with Crippen LogP contribution in [0.4, 0.5) is 0 Å². The number of hydrogen-bond donors (Lipinski definition) is 1. The van der Waals surface area contributed by atoms with E-state index >= 15 is 0 Å². The van der Waals surface area contributed by atoms with E-state index in [1.807, 2.05) is 6.20 Å². The Kier molecular flexibility index (Phi) is 2.28. The van der Waals surface area contributed by atoms with Crippen molar-refractivity contribution in [2.24, 2.45) is 4.99 Å². The highest BCUT2D eigenvalue weighted by atomic mass is 79.9. The summed E-state index contributed by atoms with van der Waals surface area (Å²) in [5.41, 5.74) is 0. The van der Waals surface area contributed by atoms with E-state index in [1.165, 1.54) is 0 Å². The van der Waals surface area contributed by atoms with Crippen LogP contribution in [0.3, 0.4) is 0 Å². The minimum absolute atomic E-state index is 0.339. The third-order valence-electron chi connectivity index (χ3n) is 1.26. The highest BCUT2D eigenvalue weighted by Crippen LogP contribution is 2.17. The van der Waals surface area contributed by atoms with Gasteiger partial charge < -0.3 is 5.32 Å². The summed E-state index contributed by atoms with van der Waals surface area (Å²) >= 11 is 3.40. The van der Waals surface area contributed by atoms with Gasteiger partial charge in [-0.2, -0.15) is 0 Å². The fraction of sp³-hybridized carbons (Fsp3) is 0.500. The van der Waals surface area contributed by atoms with Gasteiger partial charge in [-0.05, 0) is 6.42 Å². The molecule has 0 aliphatic carbocycles. The van der Waals surface area contributed by atoms with Crippen molar-refractivity contribution in [1.82, 2.24) is 5.32 Å². The second-order valence-corrected chi connectivity index (χ2v) is 2.81. The van der Waals surface area contributed by atoms with E-state index in [0.717, 1.165) is 10.9 Å². The minimum atomic E-state index is 0.339. The quantitative estimate of drug-likeness (QED) is 0.666. The van der Waals surface area contributed by atoms with Crippen molar-refractivity contribution in [1.29, 1.82) is 0 Å². The molecule has 0 aromatic heterocycles. The van der Waals surface area contributed by atoms with Crippen molar-refractivity contribution in [2.45, 2.75) is 19.4 Å². The molecule has 1 N–H and O–H groups in total. The van der Waals surface area contributed by atoms with Gasteiger partial charge in [0.2, 0.25) is 0 Å².